The van der Waals surface area contributed by atoms with Crippen LogP contribution in [0.5, 0.6) is 5.75 Å². The average Bonchev–Trinajstić information content (AvgIpc) is 3.82. The number of hydrogen-bond acceptors (Lipinski definition) is 12. The highest BCUT2D eigenvalue weighted by Crippen LogP contribution is 2.49. The van der Waals surface area contributed by atoms with E-state index < -0.39 is 65.7 Å². The van der Waals surface area contributed by atoms with E-state index in [4.69, 9.17) is 35.3 Å². The molecule has 1 aromatic carbocycles. The third-order valence-electron chi connectivity index (χ3n) is 10.5. The van der Waals surface area contributed by atoms with E-state index in [2.05, 4.69) is 5.32 Å². The van der Waals surface area contributed by atoms with Gasteiger partial charge >= 0.3 is 12.1 Å². The quantitative estimate of drug-likeness (QED) is 0.169. The highest BCUT2D eigenvalue weighted by Gasteiger charge is 2.64. The molecule has 3 aliphatic rings. The maximum Gasteiger partial charge on any atom is 0.409 e. The highest BCUT2D eigenvalue weighted by atomic mass is 35.5. The molecule has 16 heteroatoms. The van der Waals surface area contributed by atoms with Crippen LogP contribution < -0.4 is 15.0 Å². The summed E-state index contributed by atoms with van der Waals surface area (Å²) < 4.78 is 29.3. The Morgan fingerprint density at radius 2 is 1.94 bits per heavy atom. The molecule has 2 saturated heterocycles. The number of carbonyl (C=O) groups excluding carboxylic acids is 4. The van der Waals surface area contributed by atoms with Gasteiger partial charge in [-0.3, -0.25) is 14.9 Å². The standard InChI is InChI=1S/C38H54ClN3O10S2/c1-21-12-11-13-29(49-9)38(47)20-28(50-36(46)40-38)23(3)34-37(5,52-34)30(51-35(45)24(4)41(6)31(43)15-14-22(2)54-53-10)19-32(44)42(7)26-17-25(16-21)18-27(48-8)33(26)39/h11-13,17-18,22-24,28-30,34,47H,14-16,19-20H2,1-10H3,(H,40,46)/b13-11+,21-12+/t22-,23-,24-,28+,29-,30-,34+,37+,38+/m1/s1. The van der Waals surface area contributed by atoms with Crippen LogP contribution in [0.4, 0.5) is 10.5 Å². The van der Waals surface area contributed by atoms with Crippen molar-refractivity contribution < 1.29 is 48.0 Å². The van der Waals surface area contributed by atoms with Crippen LogP contribution in [0.1, 0.15) is 65.9 Å². The first-order chi connectivity index (χ1) is 25.4. The highest BCUT2D eigenvalue weighted by molar-refractivity contribution is 8.76. The van der Waals surface area contributed by atoms with Crippen molar-refractivity contribution in [3.8, 4) is 5.75 Å². The Kier molecular flexibility index (Phi) is 14.9. The molecule has 0 aliphatic carbocycles. The number of esters is 1. The number of epoxide rings is 1. The van der Waals surface area contributed by atoms with Gasteiger partial charge in [-0.1, -0.05) is 70.8 Å². The van der Waals surface area contributed by atoms with Gasteiger partial charge in [0.05, 0.1) is 25.3 Å². The predicted octanol–water partition coefficient (Wildman–Crippen LogP) is 5.69. The Balaban J connectivity index is 1.72. The van der Waals surface area contributed by atoms with Gasteiger partial charge < -0.3 is 38.6 Å². The number of allylic oxidation sites excluding steroid dienone is 3. The molecule has 0 saturated carbocycles. The largest absolute Gasteiger partial charge is 0.495 e. The molecule has 3 aliphatic heterocycles. The number of amides is 3. The number of halogens is 1. The number of nitrogens with zero attached hydrogens (tertiary/aromatic N) is 2. The molecule has 54 heavy (non-hydrogen) atoms. The van der Waals surface area contributed by atoms with Crippen molar-refractivity contribution in [1.82, 2.24) is 10.2 Å². The third-order valence-corrected chi connectivity index (χ3v) is 13.2. The number of aliphatic hydroxyl groups is 1. The molecule has 3 amide bonds. The van der Waals surface area contributed by atoms with Crippen LogP contribution in [0.25, 0.3) is 0 Å². The molecule has 9 atom stereocenters. The molecular formula is C38H54ClN3O10S2. The van der Waals surface area contributed by atoms with E-state index in [1.165, 1.54) is 24.0 Å². The van der Waals surface area contributed by atoms with Gasteiger partial charge in [0.15, 0.2) is 5.72 Å². The summed E-state index contributed by atoms with van der Waals surface area (Å²) in [6, 6.07) is 2.63. The van der Waals surface area contributed by atoms with Gasteiger partial charge in [0, 0.05) is 45.2 Å². The van der Waals surface area contributed by atoms with E-state index >= 15 is 0 Å². The Morgan fingerprint density at radius 1 is 1.24 bits per heavy atom. The second kappa shape index (κ2) is 18.3. The van der Waals surface area contributed by atoms with E-state index in [1.807, 2.05) is 33.1 Å². The van der Waals surface area contributed by atoms with Gasteiger partial charge in [-0.15, -0.1) is 0 Å². The maximum absolute atomic E-state index is 14.2. The minimum atomic E-state index is -1.82. The summed E-state index contributed by atoms with van der Waals surface area (Å²) in [5.41, 5.74) is -0.890. The van der Waals surface area contributed by atoms with E-state index in [1.54, 1.807) is 73.8 Å². The Labute approximate surface area is 331 Å². The fourth-order valence-electron chi connectivity index (χ4n) is 6.93. The van der Waals surface area contributed by atoms with E-state index in [-0.39, 0.29) is 35.4 Å². The first kappa shape index (κ1) is 43.8. The van der Waals surface area contributed by atoms with Crippen LogP contribution in [0.3, 0.4) is 0 Å². The van der Waals surface area contributed by atoms with E-state index in [9.17, 15) is 24.3 Å². The van der Waals surface area contributed by atoms with Crippen LogP contribution in [-0.2, 0) is 39.8 Å². The molecule has 0 aromatic heterocycles. The number of carbonyl (C=O) groups is 4. The van der Waals surface area contributed by atoms with Gasteiger partial charge in [0.25, 0.3) is 0 Å². The topological polar surface area (TPSA) is 156 Å². The smallest absolute Gasteiger partial charge is 0.409 e. The summed E-state index contributed by atoms with van der Waals surface area (Å²) in [6.07, 6.45) is 3.89. The SMILES string of the molecule is COc1cc2cc(c1Cl)N(C)C(=O)C[C@@H](OC(=O)[C@@H](C)N(C)C(=O)CC[C@@H](C)SSC)[C@]1(C)O[C@H]1[C@H](C)[C@@H]1C[C@@](O)(NC(=O)O1)[C@H](OC)/C=C/C=C(\C)C2. The summed E-state index contributed by atoms with van der Waals surface area (Å²) >= 11 is 6.77. The fourth-order valence-corrected chi connectivity index (χ4v) is 9.06. The van der Waals surface area contributed by atoms with E-state index in [0.717, 1.165) is 11.1 Å². The zero-order valence-corrected chi connectivity index (χ0v) is 35.1. The minimum Gasteiger partial charge on any atom is -0.495 e. The number of hydrogen-bond donors (Lipinski definition) is 2. The molecular weight excluding hydrogens is 758 g/mol. The van der Waals surface area contributed by atoms with Gasteiger partial charge in [-0.25, -0.2) is 9.59 Å². The first-order valence-electron chi connectivity index (χ1n) is 17.9. The normalized spacial score (nSPS) is 31.4. The van der Waals surface area contributed by atoms with E-state index in [0.29, 0.717) is 24.3 Å². The summed E-state index contributed by atoms with van der Waals surface area (Å²) in [6.45, 7) is 9.09. The maximum atomic E-state index is 14.2. The minimum absolute atomic E-state index is 0.0460. The number of rotatable bonds is 10. The molecule has 2 N–H and O–H groups in total. The number of methoxy groups -OCH3 is 2. The average molecular weight is 812 g/mol. The van der Waals surface area contributed by atoms with Crippen LogP contribution in [0, 0.1) is 5.92 Å². The Hall–Kier alpha value is -2.95. The fraction of sp³-hybridized carbons (Fsp3) is 0.632. The predicted molar refractivity (Wildman–Crippen MR) is 211 cm³/mol. The number of likely N-dealkylation sites (N-methyl/N-ethyl adjacent to an activating group) is 1. The molecule has 13 nitrogen and oxygen atoms in total. The molecule has 0 unspecified atom stereocenters. The summed E-state index contributed by atoms with van der Waals surface area (Å²) in [5.74, 6) is -1.48. The lowest BCUT2D eigenvalue weighted by Crippen LogP contribution is -2.63. The molecule has 4 rings (SSSR count). The van der Waals surface area contributed by atoms with Crippen molar-refractivity contribution in [2.45, 2.75) is 114 Å². The lowest BCUT2D eigenvalue weighted by atomic mass is 9.83. The number of fused-ring (bicyclic) bond motifs is 5. The number of benzene rings is 1. The summed E-state index contributed by atoms with van der Waals surface area (Å²) in [5, 5.41) is 14.8. The first-order valence-corrected chi connectivity index (χ1v) is 20.9. The Bertz CT molecular complexity index is 1630. The van der Waals surface area contributed by atoms with Crippen molar-refractivity contribution in [3.05, 3.63) is 46.5 Å². The van der Waals surface area contributed by atoms with Crippen molar-refractivity contribution in [3.63, 3.8) is 0 Å². The Morgan fingerprint density at radius 3 is 2.59 bits per heavy atom. The molecule has 300 valence electrons. The lowest BCUT2D eigenvalue weighted by Gasteiger charge is -2.42. The second-order valence-corrected chi connectivity index (χ2v) is 17.8. The van der Waals surface area contributed by atoms with Crippen LogP contribution in [0.15, 0.2) is 35.9 Å². The van der Waals surface area contributed by atoms with Crippen molar-refractivity contribution in [2.24, 2.45) is 5.92 Å². The van der Waals surface area contributed by atoms with Crippen LogP contribution in [-0.4, -0.2) is 115 Å². The molecule has 4 bridgehead atoms. The third kappa shape index (κ3) is 10.1. The van der Waals surface area contributed by atoms with Gasteiger partial charge in [0.1, 0.15) is 40.7 Å². The number of ether oxygens (including phenoxy) is 5. The number of alkyl carbamates (subject to hydrolysis) is 1. The molecule has 0 radical (unpaired) electrons. The number of anilines is 1. The molecule has 3 heterocycles. The zero-order valence-electron chi connectivity index (χ0n) is 32.7. The summed E-state index contributed by atoms with van der Waals surface area (Å²) in [4.78, 5) is 56.7. The van der Waals surface area contributed by atoms with Gasteiger partial charge in [0.2, 0.25) is 11.8 Å². The molecule has 1 aromatic rings. The van der Waals surface area contributed by atoms with Crippen molar-refractivity contribution in [2.75, 3.05) is 39.5 Å². The lowest BCUT2D eigenvalue weighted by molar-refractivity contribution is -0.162. The van der Waals surface area contributed by atoms with Crippen LogP contribution >= 0.6 is 33.2 Å². The van der Waals surface area contributed by atoms with Crippen molar-refractivity contribution >= 4 is 62.8 Å². The van der Waals surface area contributed by atoms with Crippen molar-refractivity contribution in [1.29, 1.82) is 0 Å². The van der Waals surface area contributed by atoms with Gasteiger partial charge in [-0.05, 0) is 57.6 Å². The molecule has 2 fully saturated rings. The second-order valence-electron chi connectivity index (χ2n) is 14.5. The number of nitrogens with one attached hydrogen (secondary N) is 1. The monoisotopic (exact) mass is 811 g/mol. The zero-order chi connectivity index (χ0) is 40.1. The van der Waals surface area contributed by atoms with Crippen LogP contribution in [0.2, 0.25) is 5.02 Å². The van der Waals surface area contributed by atoms with Gasteiger partial charge in [-0.2, -0.15) is 0 Å². The summed E-state index contributed by atoms with van der Waals surface area (Å²) in [7, 11) is 9.38. The molecule has 0 spiro atoms.